The van der Waals surface area contributed by atoms with Crippen LogP contribution in [-0.2, 0) is 16.4 Å². The normalized spacial score (nSPS) is 22.9. The number of amides is 1. The van der Waals surface area contributed by atoms with Gasteiger partial charge < -0.3 is 15.8 Å². The maximum Gasteiger partial charge on any atom is 0.251 e. The number of halogens is 3. The Kier molecular flexibility index (Phi) is 7.91. The van der Waals surface area contributed by atoms with Crippen molar-refractivity contribution in [2.75, 3.05) is 19.4 Å². The van der Waals surface area contributed by atoms with Gasteiger partial charge in [-0.05, 0) is 73.9 Å². The van der Waals surface area contributed by atoms with Gasteiger partial charge in [0.1, 0.15) is 11.6 Å². The van der Waals surface area contributed by atoms with Crippen molar-refractivity contribution in [3.8, 4) is 5.75 Å². The number of hydrogen-bond acceptors (Lipinski definition) is 5. The van der Waals surface area contributed by atoms with E-state index < -0.39 is 33.5 Å². The Morgan fingerprint density at radius 2 is 1.69 bits per heavy atom. The molecule has 2 fully saturated rings. The van der Waals surface area contributed by atoms with Gasteiger partial charge in [0.15, 0.2) is 11.6 Å². The fourth-order valence-electron chi connectivity index (χ4n) is 5.36. The number of ether oxygens (including phenoxy) is 1. The average molecular weight is 526 g/mol. The van der Waals surface area contributed by atoms with Crippen LogP contribution < -0.4 is 15.8 Å². The number of piperidine rings is 1. The summed E-state index contributed by atoms with van der Waals surface area (Å²) >= 11 is 0. The summed E-state index contributed by atoms with van der Waals surface area (Å²) in [6, 6.07) is 6.89. The molecule has 3 N–H and O–H groups in total. The molecule has 196 valence electrons. The van der Waals surface area contributed by atoms with Gasteiger partial charge in [0.05, 0.1) is 12.9 Å². The highest BCUT2D eigenvalue weighted by Crippen LogP contribution is 2.42. The van der Waals surface area contributed by atoms with E-state index in [-0.39, 0.29) is 48.2 Å². The molecule has 11 heteroatoms. The van der Waals surface area contributed by atoms with Crippen molar-refractivity contribution in [1.82, 2.24) is 9.62 Å². The first-order valence-electron chi connectivity index (χ1n) is 11.9. The molecule has 36 heavy (non-hydrogen) atoms. The quantitative estimate of drug-likeness (QED) is 0.490. The summed E-state index contributed by atoms with van der Waals surface area (Å²) in [7, 11) is -2.10. The summed E-state index contributed by atoms with van der Waals surface area (Å²) in [5, 5.41) is 2.65. The maximum absolute atomic E-state index is 14.1. The zero-order valence-corrected chi connectivity index (χ0v) is 20.7. The smallest absolute Gasteiger partial charge is 0.251 e. The molecular formula is C25H30F3N3O4S. The molecule has 0 aromatic heterocycles. The highest BCUT2D eigenvalue weighted by Gasteiger charge is 2.47. The van der Waals surface area contributed by atoms with E-state index in [2.05, 4.69) is 5.32 Å². The molecule has 0 spiro atoms. The second kappa shape index (κ2) is 10.8. The molecular weight excluding hydrogens is 495 g/mol. The van der Waals surface area contributed by atoms with Gasteiger partial charge in [-0.2, -0.15) is 4.31 Å². The van der Waals surface area contributed by atoms with Gasteiger partial charge in [0, 0.05) is 36.3 Å². The SMILES string of the molecule is COc1ccc(C(=O)NCCS(=O)(=O)N2[C@@H]3CC[C@@H]2CC(C(N)Cc2cc(F)c(F)cc2F)C3)cc1. The first-order chi connectivity index (χ1) is 17.1. The second-order valence-corrected chi connectivity index (χ2v) is 11.5. The maximum atomic E-state index is 14.1. The van der Waals surface area contributed by atoms with Crippen LogP contribution >= 0.6 is 0 Å². The van der Waals surface area contributed by atoms with Gasteiger partial charge in [0.2, 0.25) is 10.0 Å². The highest BCUT2D eigenvalue weighted by molar-refractivity contribution is 7.89. The summed E-state index contributed by atoms with van der Waals surface area (Å²) in [5.74, 6) is -3.27. The summed E-state index contributed by atoms with van der Waals surface area (Å²) < 4.78 is 73.7. The number of nitrogens with one attached hydrogen (secondary N) is 1. The number of nitrogens with zero attached hydrogens (tertiary/aromatic N) is 1. The molecule has 2 aromatic carbocycles. The van der Waals surface area contributed by atoms with Crippen LogP contribution in [-0.4, -0.2) is 56.2 Å². The molecule has 0 aliphatic carbocycles. The minimum absolute atomic E-state index is 0.0106. The van der Waals surface area contributed by atoms with Gasteiger partial charge in [0.25, 0.3) is 5.91 Å². The second-order valence-electron chi connectivity index (χ2n) is 9.47. The fourth-order valence-corrected chi connectivity index (χ4v) is 7.23. The standard InChI is InChI=1S/C25H30F3N3O4S/c1-35-20-6-2-15(3-7-20)25(32)30-8-9-36(33,34)31-18-4-5-19(31)11-17(10-18)24(29)13-16-12-22(27)23(28)14-21(16)26/h2-3,6-7,12,14,17-19,24H,4-5,8-11,13,29H2,1H3,(H,30,32)/t18-,19-,24?/m1/s1. The van der Waals surface area contributed by atoms with Crippen LogP contribution in [0.2, 0.25) is 0 Å². The number of carbonyl (C=O) groups is 1. The van der Waals surface area contributed by atoms with Gasteiger partial charge in [-0.15, -0.1) is 0 Å². The van der Waals surface area contributed by atoms with E-state index in [4.69, 9.17) is 10.5 Å². The van der Waals surface area contributed by atoms with Crippen LogP contribution in [0, 0.1) is 23.4 Å². The van der Waals surface area contributed by atoms with Crippen molar-refractivity contribution < 1.29 is 31.1 Å². The van der Waals surface area contributed by atoms with E-state index in [0.29, 0.717) is 43.1 Å². The topological polar surface area (TPSA) is 102 Å². The fraction of sp³-hybridized carbons (Fsp3) is 0.480. The van der Waals surface area contributed by atoms with Crippen LogP contribution in [0.1, 0.15) is 41.6 Å². The van der Waals surface area contributed by atoms with E-state index in [1.807, 2.05) is 0 Å². The van der Waals surface area contributed by atoms with Crippen LogP contribution in [0.3, 0.4) is 0 Å². The van der Waals surface area contributed by atoms with E-state index >= 15 is 0 Å². The number of fused-ring (bicyclic) bond motifs is 2. The average Bonchev–Trinajstić information content (AvgIpc) is 3.13. The lowest BCUT2D eigenvalue weighted by molar-refractivity contribution is 0.0956. The Balaban J connectivity index is 1.33. The van der Waals surface area contributed by atoms with Gasteiger partial charge >= 0.3 is 0 Å². The molecule has 2 aromatic rings. The summed E-state index contributed by atoms with van der Waals surface area (Å²) in [5.41, 5.74) is 6.74. The summed E-state index contributed by atoms with van der Waals surface area (Å²) in [6.45, 7) is -0.0263. The number of hydrogen-bond donors (Lipinski definition) is 2. The molecule has 2 heterocycles. The number of benzene rings is 2. The van der Waals surface area contributed by atoms with E-state index in [0.717, 1.165) is 6.07 Å². The number of methoxy groups -OCH3 is 1. The summed E-state index contributed by atoms with van der Waals surface area (Å²) in [4.78, 5) is 12.3. The Morgan fingerprint density at radius 3 is 2.31 bits per heavy atom. The molecule has 1 amide bonds. The lowest BCUT2D eigenvalue weighted by Gasteiger charge is -2.40. The molecule has 0 saturated carbocycles. The van der Waals surface area contributed by atoms with Crippen LogP contribution in [0.4, 0.5) is 13.2 Å². The van der Waals surface area contributed by atoms with Crippen LogP contribution in [0.15, 0.2) is 36.4 Å². The third-order valence-electron chi connectivity index (χ3n) is 7.17. The predicted molar refractivity (Wildman–Crippen MR) is 128 cm³/mol. The van der Waals surface area contributed by atoms with Crippen molar-refractivity contribution >= 4 is 15.9 Å². The molecule has 7 nitrogen and oxygen atoms in total. The number of nitrogens with two attached hydrogens (primary N) is 1. The molecule has 2 saturated heterocycles. The van der Waals surface area contributed by atoms with Gasteiger partial charge in [-0.3, -0.25) is 4.79 Å². The molecule has 1 unspecified atom stereocenters. The van der Waals surface area contributed by atoms with Crippen LogP contribution in [0.25, 0.3) is 0 Å². The van der Waals surface area contributed by atoms with Crippen molar-refractivity contribution in [3.05, 3.63) is 65.0 Å². The van der Waals surface area contributed by atoms with Crippen molar-refractivity contribution in [1.29, 1.82) is 0 Å². The summed E-state index contributed by atoms with van der Waals surface area (Å²) in [6.07, 6.45) is 2.47. The Labute approximate surface area is 208 Å². The lowest BCUT2D eigenvalue weighted by atomic mass is 9.83. The number of rotatable bonds is 9. The first kappa shape index (κ1) is 26.4. The van der Waals surface area contributed by atoms with E-state index in [1.165, 1.54) is 7.11 Å². The number of carbonyl (C=O) groups excluding carboxylic acids is 1. The molecule has 2 aliphatic rings. The Hall–Kier alpha value is -2.63. The lowest BCUT2D eigenvalue weighted by Crippen LogP contribution is -2.51. The highest BCUT2D eigenvalue weighted by atomic mass is 32.2. The zero-order chi connectivity index (χ0) is 26.0. The number of sulfonamides is 1. The molecule has 4 rings (SSSR count). The monoisotopic (exact) mass is 525 g/mol. The molecule has 2 bridgehead atoms. The Bertz CT molecular complexity index is 1200. The molecule has 3 atom stereocenters. The molecule has 0 radical (unpaired) electrons. The predicted octanol–water partition coefficient (Wildman–Crippen LogP) is 2.99. The van der Waals surface area contributed by atoms with Crippen molar-refractivity contribution in [3.63, 3.8) is 0 Å². The van der Waals surface area contributed by atoms with E-state index in [1.54, 1.807) is 28.6 Å². The van der Waals surface area contributed by atoms with Crippen LogP contribution in [0.5, 0.6) is 5.75 Å². The Morgan fingerprint density at radius 1 is 1.08 bits per heavy atom. The minimum Gasteiger partial charge on any atom is -0.497 e. The third-order valence-corrected chi connectivity index (χ3v) is 9.13. The minimum atomic E-state index is -3.63. The van der Waals surface area contributed by atoms with Crippen molar-refractivity contribution in [2.24, 2.45) is 11.7 Å². The van der Waals surface area contributed by atoms with Crippen molar-refractivity contribution in [2.45, 2.75) is 50.2 Å². The van der Waals surface area contributed by atoms with E-state index in [9.17, 15) is 26.4 Å². The third kappa shape index (κ3) is 5.68. The molecule has 2 aliphatic heterocycles. The largest absolute Gasteiger partial charge is 0.497 e. The van der Waals surface area contributed by atoms with Gasteiger partial charge in [-0.25, -0.2) is 21.6 Å². The zero-order valence-electron chi connectivity index (χ0n) is 19.9. The first-order valence-corrected chi connectivity index (χ1v) is 13.5. The van der Waals surface area contributed by atoms with Gasteiger partial charge in [-0.1, -0.05) is 0 Å².